The SMILES string of the molecule is Cc1nn(C)c(N(C)CCC#N)c1C(=O)O. The fraction of sp³-hybridized carbons (Fsp3) is 0.500. The summed E-state index contributed by atoms with van der Waals surface area (Å²) in [7, 11) is 3.44. The van der Waals surface area contributed by atoms with Crippen LogP contribution in [0.4, 0.5) is 5.82 Å². The second-order valence-electron chi connectivity index (χ2n) is 3.54. The number of aromatic nitrogens is 2. The highest BCUT2D eigenvalue weighted by Gasteiger charge is 2.21. The van der Waals surface area contributed by atoms with E-state index in [9.17, 15) is 4.79 Å². The number of nitriles is 1. The minimum Gasteiger partial charge on any atom is -0.477 e. The smallest absolute Gasteiger partial charge is 0.341 e. The van der Waals surface area contributed by atoms with E-state index in [0.717, 1.165) is 0 Å². The molecule has 16 heavy (non-hydrogen) atoms. The molecule has 6 heteroatoms. The summed E-state index contributed by atoms with van der Waals surface area (Å²) >= 11 is 0. The maximum absolute atomic E-state index is 11.1. The first kappa shape index (κ1) is 12.0. The second kappa shape index (κ2) is 4.66. The van der Waals surface area contributed by atoms with Crippen LogP contribution in [-0.4, -0.2) is 34.4 Å². The second-order valence-corrected chi connectivity index (χ2v) is 3.54. The largest absolute Gasteiger partial charge is 0.477 e. The van der Waals surface area contributed by atoms with Gasteiger partial charge in [-0.3, -0.25) is 4.68 Å². The monoisotopic (exact) mass is 222 g/mol. The maximum atomic E-state index is 11.1. The van der Waals surface area contributed by atoms with Crippen molar-refractivity contribution >= 4 is 11.8 Å². The average molecular weight is 222 g/mol. The van der Waals surface area contributed by atoms with E-state index in [4.69, 9.17) is 10.4 Å². The molecule has 1 rings (SSSR count). The molecule has 0 radical (unpaired) electrons. The van der Waals surface area contributed by atoms with Gasteiger partial charge in [0.05, 0.1) is 18.2 Å². The lowest BCUT2D eigenvalue weighted by Gasteiger charge is -2.18. The predicted octanol–water partition coefficient (Wildman–Crippen LogP) is 0.777. The number of aromatic carboxylic acids is 1. The molecule has 1 N–H and O–H groups in total. The summed E-state index contributed by atoms with van der Waals surface area (Å²) in [5, 5.41) is 21.7. The van der Waals surface area contributed by atoms with Crippen molar-refractivity contribution in [1.29, 1.82) is 5.26 Å². The van der Waals surface area contributed by atoms with Gasteiger partial charge in [0, 0.05) is 20.6 Å². The van der Waals surface area contributed by atoms with Crippen molar-refractivity contribution in [2.45, 2.75) is 13.3 Å². The van der Waals surface area contributed by atoms with E-state index in [1.807, 2.05) is 6.07 Å². The molecule has 0 saturated carbocycles. The highest BCUT2D eigenvalue weighted by atomic mass is 16.4. The molecule has 0 aliphatic rings. The van der Waals surface area contributed by atoms with Crippen LogP contribution in [0.1, 0.15) is 22.5 Å². The molecule has 6 nitrogen and oxygen atoms in total. The first-order chi connectivity index (χ1) is 7.49. The molecule has 0 saturated heterocycles. The van der Waals surface area contributed by atoms with Crippen LogP contribution >= 0.6 is 0 Å². The van der Waals surface area contributed by atoms with Gasteiger partial charge in [-0.05, 0) is 6.92 Å². The normalized spacial score (nSPS) is 9.88. The van der Waals surface area contributed by atoms with Crippen LogP contribution < -0.4 is 4.90 Å². The molecular formula is C10H14N4O2. The molecule has 86 valence electrons. The fourth-order valence-corrected chi connectivity index (χ4v) is 1.66. The highest BCUT2D eigenvalue weighted by molar-refractivity contribution is 5.94. The summed E-state index contributed by atoms with van der Waals surface area (Å²) in [6, 6.07) is 2.02. The third-order valence-electron chi connectivity index (χ3n) is 2.33. The Labute approximate surface area is 93.7 Å². The molecule has 0 aliphatic carbocycles. The van der Waals surface area contributed by atoms with Gasteiger partial charge in [0.1, 0.15) is 11.4 Å². The summed E-state index contributed by atoms with van der Waals surface area (Å²) in [4.78, 5) is 12.8. The number of hydrogen-bond acceptors (Lipinski definition) is 4. The zero-order chi connectivity index (χ0) is 12.3. The van der Waals surface area contributed by atoms with Crippen LogP contribution in [-0.2, 0) is 7.05 Å². The van der Waals surface area contributed by atoms with Gasteiger partial charge < -0.3 is 10.0 Å². The third-order valence-corrected chi connectivity index (χ3v) is 2.33. The van der Waals surface area contributed by atoms with E-state index in [1.165, 1.54) is 4.68 Å². The minimum absolute atomic E-state index is 0.197. The molecule has 0 unspecified atom stereocenters. The van der Waals surface area contributed by atoms with Crippen molar-refractivity contribution in [3.05, 3.63) is 11.3 Å². The predicted molar refractivity (Wildman–Crippen MR) is 58.4 cm³/mol. The zero-order valence-electron chi connectivity index (χ0n) is 9.56. The Morgan fingerprint density at radius 2 is 2.31 bits per heavy atom. The first-order valence-electron chi connectivity index (χ1n) is 4.84. The Morgan fingerprint density at radius 3 is 2.81 bits per heavy atom. The molecule has 0 bridgehead atoms. The molecule has 0 atom stereocenters. The van der Waals surface area contributed by atoms with Gasteiger partial charge in [0.2, 0.25) is 0 Å². The molecule has 1 aromatic heterocycles. The Balaban J connectivity index is 3.12. The van der Waals surface area contributed by atoms with Crippen LogP contribution in [0.25, 0.3) is 0 Å². The number of hydrogen-bond donors (Lipinski definition) is 1. The number of rotatable bonds is 4. The Kier molecular flexibility index (Phi) is 3.51. The first-order valence-corrected chi connectivity index (χ1v) is 4.84. The molecule has 0 amide bonds. The maximum Gasteiger partial charge on any atom is 0.341 e. The van der Waals surface area contributed by atoms with E-state index in [2.05, 4.69) is 5.10 Å². The van der Waals surface area contributed by atoms with Crippen LogP contribution in [0.3, 0.4) is 0 Å². The summed E-state index contributed by atoms with van der Waals surface area (Å²) in [5.41, 5.74) is 0.678. The Hall–Kier alpha value is -2.03. The van der Waals surface area contributed by atoms with Gasteiger partial charge >= 0.3 is 5.97 Å². The van der Waals surface area contributed by atoms with E-state index in [0.29, 0.717) is 24.5 Å². The summed E-state index contributed by atoms with van der Waals surface area (Å²) in [6.07, 6.45) is 0.347. The highest BCUT2D eigenvalue weighted by Crippen LogP contribution is 2.22. The van der Waals surface area contributed by atoms with Crippen LogP contribution in [0.2, 0.25) is 0 Å². The van der Waals surface area contributed by atoms with Gasteiger partial charge in [-0.15, -0.1) is 0 Å². The van der Waals surface area contributed by atoms with Crippen molar-refractivity contribution in [2.75, 3.05) is 18.5 Å². The lowest BCUT2D eigenvalue weighted by Crippen LogP contribution is -2.23. The van der Waals surface area contributed by atoms with Crippen LogP contribution in [0, 0.1) is 18.3 Å². The van der Waals surface area contributed by atoms with Gasteiger partial charge in [-0.25, -0.2) is 4.79 Å². The average Bonchev–Trinajstić information content (AvgIpc) is 2.50. The Bertz CT molecular complexity index is 444. The van der Waals surface area contributed by atoms with E-state index in [1.54, 1.807) is 25.9 Å². The third kappa shape index (κ3) is 2.14. The number of anilines is 1. The van der Waals surface area contributed by atoms with Gasteiger partial charge in [0.15, 0.2) is 0 Å². The van der Waals surface area contributed by atoms with Crippen molar-refractivity contribution in [2.24, 2.45) is 7.05 Å². The topological polar surface area (TPSA) is 82.2 Å². The lowest BCUT2D eigenvalue weighted by molar-refractivity contribution is 0.0697. The van der Waals surface area contributed by atoms with Gasteiger partial charge in [-0.1, -0.05) is 0 Å². The molecule has 0 aromatic carbocycles. The fourth-order valence-electron chi connectivity index (χ4n) is 1.66. The van der Waals surface area contributed by atoms with Crippen molar-refractivity contribution < 1.29 is 9.90 Å². The number of carboxylic acid groups (broad SMARTS) is 1. The molecule has 0 fully saturated rings. The van der Waals surface area contributed by atoms with Crippen molar-refractivity contribution in [3.8, 4) is 6.07 Å². The molecule has 0 aliphatic heterocycles. The number of carbonyl (C=O) groups is 1. The number of aryl methyl sites for hydroxylation is 2. The number of carboxylic acids is 1. The van der Waals surface area contributed by atoms with E-state index < -0.39 is 5.97 Å². The Morgan fingerprint density at radius 1 is 1.69 bits per heavy atom. The van der Waals surface area contributed by atoms with E-state index in [-0.39, 0.29) is 5.56 Å². The molecular weight excluding hydrogens is 208 g/mol. The summed E-state index contributed by atoms with van der Waals surface area (Å²) in [6.45, 7) is 2.14. The summed E-state index contributed by atoms with van der Waals surface area (Å²) in [5.74, 6) is -0.468. The molecule has 0 spiro atoms. The lowest BCUT2D eigenvalue weighted by atomic mass is 10.2. The summed E-state index contributed by atoms with van der Waals surface area (Å²) < 4.78 is 1.52. The van der Waals surface area contributed by atoms with Crippen LogP contribution in [0.5, 0.6) is 0 Å². The van der Waals surface area contributed by atoms with Gasteiger partial charge in [-0.2, -0.15) is 10.4 Å². The van der Waals surface area contributed by atoms with E-state index >= 15 is 0 Å². The number of nitrogens with zero attached hydrogens (tertiary/aromatic N) is 4. The van der Waals surface area contributed by atoms with Crippen molar-refractivity contribution in [1.82, 2.24) is 9.78 Å². The molecule has 1 aromatic rings. The zero-order valence-corrected chi connectivity index (χ0v) is 9.56. The van der Waals surface area contributed by atoms with Crippen LogP contribution in [0.15, 0.2) is 0 Å². The minimum atomic E-state index is -0.996. The standard InChI is InChI=1S/C10H14N4O2/c1-7-8(10(15)16)9(14(3)12-7)13(2)6-4-5-11/h4,6H2,1-3H3,(H,15,16). The molecule has 1 heterocycles. The quantitative estimate of drug-likeness (QED) is 0.813. The van der Waals surface area contributed by atoms with Gasteiger partial charge in [0.25, 0.3) is 0 Å². The van der Waals surface area contributed by atoms with Crippen molar-refractivity contribution in [3.63, 3.8) is 0 Å².